The summed E-state index contributed by atoms with van der Waals surface area (Å²) in [4.78, 5) is 20.5. The highest BCUT2D eigenvalue weighted by Gasteiger charge is 2.35. The third-order valence-electron chi connectivity index (χ3n) is 4.75. The summed E-state index contributed by atoms with van der Waals surface area (Å²) in [5, 5.41) is 0.676. The number of fused-ring (bicyclic) bond motifs is 3. The lowest BCUT2D eigenvalue weighted by Crippen LogP contribution is -2.21. The molecule has 6 nitrogen and oxygen atoms in total. The summed E-state index contributed by atoms with van der Waals surface area (Å²) in [6, 6.07) is 6.64. The van der Waals surface area contributed by atoms with E-state index in [1.54, 1.807) is 49.0 Å². The van der Waals surface area contributed by atoms with E-state index in [1.165, 1.54) is 11.7 Å². The molecule has 0 aliphatic heterocycles. The minimum Gasteiger partial charge on any atom is -0.497 e. The van der Waals surface area contributed by atoms with Gasteiger partial charge >= 0.3 is 6.18 Å². The number of aromatic nitrogens is 4. The van der Waals surface area contributed by atoms with Gasteiger partial charge in [-0.1, -0.05) is 0 Å². The van der Waals surface area contributed by atoms with Gasteiger partial charge in [-0.05, 0) is 31.2 Å². The van der Waals surface area contributed by atoms with E-state index < -0.39 is 12.0 Å². The van der Waals surface area contributed by atoms with E-state index in [0.717, 1.165) is 6.20 Å². The number of aryl methyl sites for hydroxylation is 2. The van der Waals surface area contributed by atoms with Crippen molar-refractivity contribution in [3.05, 3.63) is 58.5 Å². The molecule has 0 radical (unpaired) electrons. The van der Waals surface area contributed by atoms with Crippen LogP contribution in [0.25, 0.3) is 27.5 Å². The molecule has 0 fully saturated rings. The number of pyridine rings is 1. The van der Waals surface area contributed by atoms with Crippen LogP contribution in [0, 0.1) is 6.92 Å². The number of alkyl halides is 3. The van der Waals surface area contributed by atoms with Gasteiger partial charge < -0.3 is 9.30 Å². The molecule has 4 rings (SSSR count). The fourth-order valence-corrected chi connectivity index (χ4v) is 3.26. The Kier molecular flexibility index (Phi) is 3.91. The van der Waals surface area contributed by atoms with E-state index >= 15 is 0 Å². The molecule has 0 bridgehead atoms. The van der Waals surface area contributed by atoms with E-state index in [2.05, 4.69) is 9.97 Å². The van der Waals surface area contributed by atoms with Crippen LogP contribution in [0.1, 0.15) is 11.5 Å². The molecular weight excluding hydrogens is 373 g/mol. The SMILES string of the molecule is COc1ccc(-n2c(=O)c3c(C)n(C)cc3c3nc(C(F)(F)F)ncc32)cc1. The second-order valence-electron chi connectivity index (χ2n) is 6.38. The van der Waals surface area contributed by atoms with E-state index in [1.807, 2.05) is 0 Å². The lowest BCUT2D eigenvalue weighted by atomic mass is 10.1. The average Bonchev–Trinajstić information content (AvgIpc) is 2.97. The van der Waals surface area contributed by atoms with Crippen LogP contribution in [0.4, 0.5) is 13.2 Å². The Morgan fingerprint density at radius 3 is 2.43 bits per heavy atom. The van der Waals surface area contributed by atoms with Gasteiger partial charge in [0.1, 0.15) is 11.3 Å². The van der Waals surface area contributed by atoms with Crippen molar-refractivity contribution in [3.8, 4) is 11.4 Å². The number of hydrogen-bond donors (Lipinski definition) is 0. The van der Waals surface area contributed by atoms with Gasteiger partial charge in [-0.15, -0.1) is 0 Å². The van der Waals surface area contributed by atoms with Gasteiger partial charge in [-0.2, -0.15) is 13.2 Å². The first kappa shape index (κ1) is 18.0. The number of ether oxygens (including phenoxy) is 1. The van der Waals surface area contributed by atoms with E-state index in [-0.39, 0.29) is 16.6 Å². The first-order valence-corrected chi connectivity index (χ1v) is 8.31. The summed E-state index contributed by atoms with van der Waals surface area (Å²) < 4.78 is 47.7. The summed E-state index contributed by atoms with van der Waals surface area (Å²) in [6.07, 6.45) is -2.04. The second kappa shape index (κ2) is 6.08. The Bertz CT molecular complexity index is 1270. The minimum atomic E-state index is -4.69. The number of halogens is 3. The molecule has 0 amide bonds. The Morgan fingerprint density at radius 2 is 1.82 bits per heavy atom. The van der Waals surface area contributed by atoms with E-state index in [9.17, 15) is 18.0 Å². The van der Waals surface area contributed by atoms with Gasteiger partial charge in [0.15, 0.2) is 0 Å². The fourth-order valence-electron chi connectivity index (χ4n) is 3.26. The summed E-state index contributed by atoms with van der Waals surface area (Å²) in [6.45, 7) is 1.74. The van der Waals surface area contributed by atoms with Crippen molar-refractivity contribution >= 4 is 21.8 Å². The van der Waals surface area contributed by atoms with Gasteiger partial charge in [0.25, 0.3) is 5.56 Å². The number of nitrogens with zero attached hydrogens (tertiary/aromatic N) is 4. The summed E-state index contributed by atoms with van der Waals surface area (Å²) in [7, 11) is 3.24. The standard InChI is InChI=1S/C19H15F3N4O2/c1-10-15-13(9-25(10)2)16-14(8-23-18(24-16)19(20,21)22)26(17(15)27)11-4-6-12(28-3)7-5-11/h4-9H,1-3H3. The van der Waals surface area contributed by atoms with Crippen LogP contribution in [-0.4, -0.2) is 26.2 Å². The van der Waals surface area contributed by atoms with Crippen molar-refractivity contribution in [3.63, 3.8) is 0 Å². The first-order chi connectivity index (χ1) is 13.2. The summed E-state index contributed by atoms with van der Waals surface area (Å²) in [5.74, 6) is -0.656. The zero-order chi connectivity index (χ0) is 20.2. The number of hydrogen-bond acceptors (Lipinski definition) is 4. The van der Waals surface area contributed by atoms with Crippen LogP contribution in [-0.2, 0) is 13.2 Å². The predicted octanol–water partition coefficient (Wildman–Crippen LogP) is 3.61. The van der Waals surface area contributed by atoms with Gasteiger partial charge in [-0.25, -0.2) is 9.97 Å². The molecule has 0 unspecified atom stereocenters. The normalized spacial score (nSPS) is 12.1. The third kappa shape index (κ3) is 2.62. The molecule has 0 saturated carbocycles. The Morgan fingerprint density at radius 1 is 1.14 bits per heavy atom. The van der Waals surface area contributed by atoms with Crippen LogP contribution >= 0.6 is 0 Å². The Balaban J connectivity index is 2.17. The van der Waals surface area contributed by atoms with Crippen molar-refractivity contribution in [1.29, 1.82) is 0 Å². The van der Waals surface area contributed by atoms with E-state index in [4.69, 9.17) is 4.74 Å². The number of methoxy groups -OCH3 is 1. The third-order valence-corrected chi connectivity index (χ3v) is 4.75. The molecule has 1 aromatic carbocycles. The zero-order valence-corrected chi connectivity index (χ0v) is 15.2. The average molecular weight is 388 g/mol. The van der Waals surface area contributed by atoms with Crippen molar-refractivity contribution in [2.24, 2.45) is 7.05 Å². The van der Waals surface area contributed by atoms with Gasteiger partial charge in [0.2, 0.25) is 5.82 Å². The smallest absolute Gasteiger partial charge is 0.451 e. The predicted molar refractivity (Wildman–Crippen MR) is 97.9 cm³/mol. The molecule has 0 aliphatic rings. The largest absolute Gasteiger partial charge is 0.497 e. The second-order valence-corrected chi connectivity index (χ2v) is 6.38. The maximum absolute atomic E-state index is 13.3. The fraction of sp³-hybridized carbons (Fsp3) is 0.211. The lowest BCUT2D eigenvalue weighted by molar-refractivity contribution is -0.144. The van der Waals surface area contributed by atoms with Gasteiger partial charge in [-0.3, -0.25) is 9.36 Å². The quantitative estimate of drug-likeness (QED) is 0.526. The lowest BCUT2D eigenvalue weighted by Gasteiger charge is -2.13. The highest BCUT2D eigenvalue weighted by Crippen LogP contribution is 2.31. The van der Waals surface area contributed by atoms with Crippen LogP contribution in [0.5, 0.6) is 5.75 Å². The van der Waals surface area contributed by atoms with Gasteiger partial charge in [0.05, 0.1) is 24.2 Å². The molecule has 0 atom stereocenters. The molecular formula is C19H15F3N4O2. The van der Waals surface area contributed by atoms with Crippen molar-refractivity contribution in [2.45, 2.75) is 13.1 Å². The molecule has 144 valence electrons. The molecule has 9 heteroatoms. The topological polar surface area (TPSA) is 61.9 Å². The highest BCUT2D eigenvalue weighted by atomic mass is 19.4. The molecule has 0 saturated heterocycles. The molecule has 3 heterocycles. The number of rotatable bonds is 2. The Hall–Kier alpha value is -3.36. The van der Waals surface area contributed by atoms with Crippen molar-refractivity contribution in [1.82, 2.24) is 19.1 Å². The minimum absolute atomic E-state index is 0.0662. The molecule has 0 aliphatic carbocycles. The van der Waals surface area contributed by atoms with Gasteiger partial charge in [0, 0.05) is 30.0 Å². The first-order valence-electron chi connectivity index (χ1n) is 8.31. The maximum Gasteiger partial charge on any atom is 0.451 e. The number of benzene rings is 1. The maximum atomic E-state index is 13.3. The van der Waals surface area contributed by atoms with Crippen LogP contribution in [0.3, 0.4) is 0 Å². The Labute approximate surface area is 156 Å². The summed E-state index contributed by atoms with van der Waals surface area (Å²) in [5.41, 5.74) is 1.02. The zero-order valence-electron chi connectivity index (χ0n) is 15.2. The van der Waals surface area contributed by atoms with Crippen LogP contribution in [0.2, 0.25) is 0 Å². The molecule has 28 heavy (non-hydrogen) atoms. The van der Waals surface area contributed by atoms with Crippen molar-refractivity contribution < 1.29 is 17.9 Å². The molecule has 4 aromatic rings. The van der Waals surface area contributed by atoms with Crippen LogP contribution < -0.4 is 10.3 Å². The summed E-state index contributed by atoms with van der Waals surface area (Å²) >= 11 is 0. The highest BCUT2D eigenvalue weighted by molar-refractivity contribution is 6.04. The molecule has 3 aromatic heterocycles. The monoisotopic (exact) mass is 388 g/mol. The van der Waals surface area contributed by atoms with E-state index in [0.29, 0.717) is 27.9 Å². The van der Waals surface area contributed by atoms with Crippen molar-refractivity contribution in [2.75, 3.05) is 7.11 Å². The molecule has 0 N–H and O–H groups in total. The van der Waals surface area contributed by atoms with Crippen LogP contribution in [0.15, 0.2) is 41.5 Å². The molecule has 0 spiro atoms.